The Morgan fingerprint density at radius 1 is 1.08 bits per heavy atom. The molecule has 0 radical (unpaired) electrons. The number of rotatable bonds is 7. The van der Waals surface area contributed by atoms with Crippen molar-refractivity contribution >= 4 is 23.6 Å². The molecule has 7 heteroatoms. The first kappa shape index (κ1) is 19.5. The van der Waals surface area contributed by atoms with Crippen molar-refractivity contribution in [1.29, 1.82) is 0 Å². The lowest BCUT2D eigenvalue weighted by molar-refractivity contribution is -0.139. The number of carbonyl (C=O) groups excluding carboxylic acids is 2. The first-order valence-electron chi connectivity index (χ1n) is 7.90. The molecular formula is C17H25N3O4. The van der Waals surface area contributed by atoms with E-state index in [-0.39, 0.29) is 23.6 Å². The van der Waals surface area contributed by atoms with Crippen LogP contribution < -0.4 is 16.0 Å². The van der Waals surface area contributed by atoms with E-state index in [1.807, 2.05) is 27.7 Å². The number of carboxylic acid groups (broad SMARTS) is 1. The number of anilines is 1. The molecule has 0 aliphatic heterocycles. The van der Waals surface area contributed by atoms with Crippen LogP contribution in [-0.2, 0) is 4.79 Å². The Labute approximate surface area is 141 Å². The van der Waals surface area contributed by atoms with Gasteiger partial charge in [0.25, 0.3) is 5.91 Å². The lowest BCUT2D eigenvalue weighted by Gasteiger charge is -2.17. The number of hydrogen-bond donors (Lipinski definition) is 4. The van der Waals surface area contributed by atoms with Crippen LogP contribution in [0.2, 0.25) is 0 Å². The van der Waals surface area contributed by atoms with E-state index in [2.05, 4.69) is 16.0 Å². The molecule has 0 saturated heterocycles. The third kappa shape index (κ3) is 6.68. The first-order chi connectivity index (χ1) is 11.2. The fourth-order valence-corrected chi connectivity index (χ4v) is 2.10. The van der Waals surface area contributed by atoms with Crippen LogP contribution in [0.1, 0.15) is 44.5 Å². The summed E-state index contributed by atoms with van der Waals surface area (Å²) >= 11 is 0. The maximum absolute atomic E-state index is 12.3. The Kier molecular flexibility index (Phi) is 7.23. The molecule has 0 saturated carbocycles. The van der Waals surface area contributed by atoms with Gasteiger partial charge in [-0.25, -0.2) is 9.59 Å². The van der Waals surface area contributed by atoms with Gasteiger partial charge in [-0.05, 0) is 44.4 Å². The average molecular weight is 335 g/mol. The van der Waals surface area contributed by atoms with Crippen LogP contribution in [0.5, 0.6) is 0 Å². The summed E-state index contributed by atoms with van der Waals surface area (Å²) in [6.07, 6.45) is 0.343. The van der Waals surface area contributed by atoms with Crippen molar-refractivity contribution in [2.24, 2.45) is 5.92 Å². The zero-order chi connectivity index (χ0) is 18.3. The molecule has 24 heavy (non-hydrogen) atoms. The summed E-state index contributed by atoms with van der Waals surface area (Å²) < 4.78 is 0. The second-order valence-electron chi connectivity index (χ2n) is 6.33. The Morgan fingerprint density at radius 3 is 2.29 bits per heavy atom. The number of urea groups is 1. The van der Waals surface area contributed by atoms with Crippen LogP contribution in [-0.4, -0.2) is 35.1 Å². The van der Waals surface area contributed by atoms with Crippen LogP contribution in [0.25, 0.3) is 0 Å². The first-order valence-corrected chi connectivity index (χ1v) is 7.90. The molecule has 1 aromatic carbocycles. The number of carboxylic acids is 1. The van der Waals surface area contributed by atoms with Crippen molar-refractivity contribution in [3.63, 3.8) is 0 Å². The summed E-state index contributed by atoms with van der Waals surface area (Å²) in [4.78, 5) is 35.2. The van der Waals surface area contributed by atoms with Crippen molar-refractivity contribution < 1.29 is 19.5 Å². The summed E-state index contributed by atoms with van der Waals surface area (Å²) in [5, 5.41) is 17.0. The van der Waals surface area contributed by atoms with Gasteiger partial charge in [0, 0.05) is 17.3 Å². The van der Waals surface area contributed by atoms with Crippen molar-refractivity contribution in [1.82, 2.24) is 10.6 Å². The molecule has 0 fully saturated rings. The molecular weight excluding hydrogens is 310 g/mol. The van der Waals surface area contributed by atoms with Gasteiger partial charge < -0.3 is 21.1 Å². The van der Waals surface area contributed by atoms with E-state index in [9.17, 15) is 19.5 Å². The number of amides is 3. The number of carbonyl (C=O) groups is 3. The number of hydrogen-bond acceptors (Lipinski definition) is 3. The minimum Gasteiger partial charge on any atom is -0.480 e. The maximum atomic E-state index is 12.3. The highest BCUT2D eigenvalue weighted by molar-refractivity contribution is 5.98. The summed E-state index contributed by atoms with van der Waals surface area (Å²) in [5.41, 5.74) is 0.740. The molecule has 0 bridgehead atoms. The van der Waals surface area contributed by atoms with Gasteiger partial charge in [-0.1, -0.05) is 19.9 Å². The molecule has 0 spiro atoms. The van der Waals surface area contributed by atoms with Gasteiger partial charge in [0.05, 0.1) is 0 Å². The topological polar surface area (TPSA) is 108 Å². The average Bonchev–Trinajstić information content (AvgIpc) is 2.45. The Hall–Kier alpha value is -2.57. The Bertz CT molecular complexity index is 599. The van der Waals surface area contributed by atoms with Gasteiger partial charge in [-0.15, -0.1) is 0 Å². The fourth-order valence-electron chi connectivity index (χ4n) is 2.10. The van der Waals surface area contributed by atoms with E-state index in [4.69, 9.17) is 0 Å². The molecule has 1 atom stereocenters. The molecule has 1 rings (SSSR count). The van der Waals surface area contributed by atoms with Crippen molar-refractivity contribution in [2.75, 3.05) is 5.32 Å². The zero-order valence-corrected chi connectivity index (χ0v) is 14.4. The number of aliphatic carboxylic acids is 1. The largest absolute Gasteiger partial charge is 0.480 e. The van der Waals surface area contributed by atoms with Gasteiger partial charge in [-0.3, -0.25) is 4.79 Å². The van der Waals surface area contributed by atoms with Crippen molar-refractivity contribution in [2.45, 2.75) is 46.2 Å². The molecule has 3 amide bonds. The van der Waals surface area contributed by atoms with Gasteiger partial charge in [0.1, 0.15) is 6.04 Å². The minimum atomic E-state index is -1.07. The van der Waals surface area contributed by atoms with Gasteiger partial charge in [0.2, 0.25) is 0 Å². The second kappa shape index (κ2) is 8.90. The van der Waals surface area contributed by atoms with Crippen molar-refractivity contribution in [3.05, 3.63) is 29.8 Å². The van der Waals surface area contributed by atoms with E-state index in [0.717, 1.165) is 0 Å². The summed E-state index contributed by atoms with van der Waals surface area (Å²) in [5.74, 6) is -1.42. The predicted octanol–water partition coefficient (Wildman–Crippen LogP) is 2.45. The van der Waals surface area contributed by atoms with Gasteiger partial charge in [-0.2, -0.15) is 0 Å². The van der Waals surface area contributed by atoms with Gasteiger partial charge in [0.15, 0.2) is 0 Å². The minimum absolute atomic E-state index is 0.0103. The van der Waals surface area contributed by atoms with E-state index >= 15 is 0 Å². The molecule has 4 N–H and O–H groups in total. The Balaban J connectivity index is 2.79. The lowest BCUT2D eigenvalue weighted by Crippen LogP contribution is -2.41. The third-order valence-corrected chi connectivity index (χ3v) is 3.11. The fraction of sp³-hybridized carbons (Fsp3) is 0.471. The van der Waals surface area contributed by atoms with Crippen LogP contribution in [0, 0.1) is 5.92 Å². The van der Waals surface area contributed by atoms with E-state index in [0.29, 0.717) is 12.1 Å². The summed E-state index contributed by atoms with van der Waals surface area (Å²) in [6.45, 7) is 7.45. The monoisotopic (exact) mass is 335 g/mol. The molecule has 132 valence electrons. The van der Waals surface area contributed by atoms with Crippen LogP contribution in [0.4, 0.5) is 10.5 Å². The molecule has 0 aliphatic carbocycles. The Morgan fingerprint density at radius 2 is 1.75 bits per heavy atom. The summed E-state index contributed by atoms with van der Waals surface area (Å²) in [6, 6.07) is 5.02. The van der Waals surface area contributed by atoms with Gasteiger partial charge >= 0.3 is 12.0 Å². The molecule has 0 heterocycles. The van der Waals surface area contributed by atoms with Crippen molar-refractivity contribution in [3.8, 4) is 0 Å². The van der Waals surface area contributed by atoms with Crippen LogP contribution in [0.15, 0.2) is 24.3 Å². The molecule has 1 aromatic rings. The smallest absolute Gasteiger partial charge is 0.326 e. The standard InChI is InChI=1S/C17H25N3O4/c1-10(2)8-14(16(22)23)20-15(21)12-6-5-7-13(9-12)19-17(24)18-11(3)4/h5-7,9-11,14H,8H2,1-4H3,(H,20,21)(H,22,23)(H2,18,19,24). The van der Waals surface area contributed by atoms with E-state index in [1.54, 1.807) is 18.2 Å². The highest BCUT2D eigenvalue weighted by atomic mass is 16.4. The molecule has 7 nitrogen and oxygen atoms in total. The molecule has 0 aliphatic rings. The number of nitrogens with one attached hydrogen (secondary N) is 3. The second-order valence-corrected chi connectivity index (χ2v) is 6.33. The summed E-state index contributed by atoms with van der Waals surface area (Å²) in [7, 11) is 0. The molecule has 1 unspecified atom stereocenters. The maximum Gasteiger partial charge on any atom is 0.326 e. The predicted molar refractivity (Wildman–Crippen MR) is 92.1 cm³/mol. The van der Waals surface area contributed by atoms with Crippen LogP contribution >= 0.6 is 0 Å². The SMILES string of the molecule is CC(C)CC(NC(=O)c1cccc(NC(=O)NC(C)C)c1)C(=O)O. The normalized spacial score (nSPS) is 11.9. The molecule has 0 aromatic heterocycles. The van der Waals surface area contributed by atoms with Crippen LogP contribution in [0.3, 0.4) is 0 Å². The number of benzene rings is 1. The quantitative estimate of drug-likeness (QED) is 0.614. The van der Waals surface area contributed by atoms with E-state index in [1.165, 1.54) is 6.07 Å². The lowest BCUT2D eigenvalue weighted by atomic mass is 10.0. The highest BCUT2D eigenvalue weighted by Gasteiger charge is 2.21. The highest BCUT2D eigenvalue weighted by Crippen LogP contribution is 2.12. The third-order valence-electron chi connectivity index (χ3n) is 3.11. The zero-order valence-electron chi connectivity index (χ0n) is 14.4. The van der Waals surface area contributed by atoms with E-state index < -0.39 is 17.9 Å².